The maximum Gasteiger partial charge on any atom is 0.339 e. The predicted octanol–water partition coefficient (Wildman–Crippen LogP) is 4.41. The van der Waals surface area contributed by atoms with E-state index in [0.29, 0.717) is 12.0 Å². The topological polar surface area (TPSA) is 77.5 Å². The van der Waals surface area contributed by atoms with Gasteiger partial charge >= 0.3 is 5.97 Å². The van der Waals surface area contributed by atoms with Gasteiger partial charge in [0.15, 0.2) is 6.61 Å². The van der Waals surface area contributed by atoms with Crippen molar-refractivity contribution in [1.29, 1.82) is 0 Å². The van der Waals surface area contributed by atoms with Gasteiger partial charge < -0.3 is 14.8 Å². The Labute approximate surface area is 187 Å². The lowest BCUT2D eigenvalue weighted by Gasteiger charge is -2.13. The molecule has 6 heteroatoms. The number of esters is 1. The highest BCUT2D eigenvalue weighted by atomic mass is 16.5. The molecule has 0 unspecified atom stereocenters. The molecule has 0 aliphatic heterocycles. The summed E-state index contributed by atoms with van der Waals surface area (Å²) in [6.07, 6.45) is 3.56. The number of hydrogen-bond donors (Lipinski definition) is 1. The van der Waals surface area contributed by atoms with E-state index >= 15 is 0 Å². The van der Waals surface area contributed by atoms with Crippen LogP contribution in [0, 0.1) is 0 Å². The van der Waals surface area contributed by atoms with Crippen LogP contribution in [0.4, 0.5) is 0 Å². The first-order valence-electron chi connectivity index (χ1n) is 10.7. The molecule has 1 heterocycles. The van der Waals surface area contributed by atoms with E-state index < -0.39 is 5.97 Å². The predicted molar refractivity (Wildman–Crippen MR) is 124 cm³/mol. The molecule has 164 valence electrons. The molecular formula is C26H26N2O4. The molecule has 4 rings (SSSR count). The molecule has 1 amide bonds. The zero-order valence-electron chi connectivity index (χ0n) is 18.5. The first-order valence-corrected chi connectivity index (χ1v) is 10.7. The van der Waals surface area contributed by atoms with Crippen LogP contribution in [0.1, 0.15) is 47.4 Å². The molecule has 3 aromatic rings. The van der Waals surface area contributed by atoms with Crippen molar-refractivity contribution in [2.75, 3.05) is 13.7 Å². The molecule has 0 atom stereocenters. The second kappa shape index (κ2) is 9.22. The normalized spacial score (nSPS) is 13.9. The monoisotopic (exact) mass is 430 g/mol. The molecule has 0 saturated carbocycles. The quantitative estimate of drug-likeness (QED) is 0.586. The second-order valence-corrected chi connectivity index (χ2v) is 8.07. The molecule has 0 fully saturated rings. The van der Waals surface area contributed by atoms with Gasteiger partial charge in [-0.25, -0.2) is 9.78 Å². The van der Waals surface area contributed by atoms with Crippen LogP contribution in [0.5, 0.6) is 5.75 Å². The van der Waals surface area contributed by atoms with E-state index in [0.717, 1.165) is 45.5 Å². The van der Waals surface area contributed by atoms with Crippen LogP contribution < -0.4 is 10.1 Å². The largest absolute Gasteiger partial charge is 0.497 e. The van der Waals surface area contributed by atoms with Crippen LogP contribution in [0.15, 0.2) is 48.5 Å². The van der Waals surface area contributed by atoms with Gasteiger partial charge in [0, 0.05) is 11.4 Å². The Morgan fingerprint density at radius 3 is 2.56 bits per heavy atom. The molecule has 0 spiro atoms. The molecule has 1 aliphatic carbocycles. The summed E-state index contributed by atoms with van der Waals surface area (Å²) in [7, 11) is 1.64. The highest BCUT2D eigenvalue weighted by molar-refractivity contribution is 6.07. The van der Waals surface area contributed by atoms with Crippen molar-refractivity contribution < 1.29 is 19.1 Å². The zero-order chi connectivity index (χ0) is 22.7. The Bertz CT molecular complexity index is 1200. The summed E-state index contributed by atoms with van der Waals surface area (Å²) < 4.78 is 10.6. The van der Waals surface area contributed by atoms with Gasteiger partial charge in [-0.1, -0.05) is 30.3 Å². The van der Waals surface area contributed by atoms with Crippen LogP contribution >= 0.6 is 0 Å². The van der Waals surface area contributed by atoms with Crippen molar-refractivity contribution in [2.24, 2.45) is 0 Å². The molecule has 6 nitrogen and oxygen atoms in total. The third kappa shape index (κ3) is 4.49. The average Bonchev–Trinajstić information content (AvgIpc) is 3.18. The smallest absolute Gasteiger partial charge is 0.339 e. The third-order valence-electron chi connectivity index (χ3n) is 5.39. The lowest BCUT2D eigenvalue weighted by molar-refractivity contribution is -0.124. The van der Waals surface area contributed by atoms with E-state index in [1.165, 1.54) is 0 Å². The average molecular weight is 431 g/mol. The SMILES string of the molecule is COc1ccc(/C=C2\CCc3c2nc2ccccc2c3C(=O)OCC(=O)NC(C)C)cc1. The van der Waals surface area contributed by atoms with Crippen molar-refractivity contribution in [2.45, 2.75) is 32.7 Å². The maximum atomic E-state index is 13.1. The van der Waals surface area contributed by atoms with Gasteiger partial charge in [0.05, 0.1) is 23.9 Å². The minimum atomic E-state index is -0.496. The van der Waals surface area contributed by atoms with Crippen LogP contribution in [0.2, 0.25) is 0 Å². The minimum Gasteiger partial charge on any atom is -0.497 e. The van der Waals surface area contributed by atoms with E-state index in [9.17, 15) is 9.59 Å². The van der Waals surface area contributed by atoms with Crippen LogP contribution in [0.25, 0.3) is 22.6 Å². The van der Waals surface area contributed by atoms with E-state index in [1.54, 1.807) is 7.11 Å². The van der Waals surface area contributed by atoms with Gasteiger partial charge in [0.2, 0.25) is 0 Å². The number of pyridine rings is 1. The number of carbonyl (C=O) groups excluding carboxylic acids is 2. The maximum absolute atomic E-state index is 13.1. The number of amides is 1. The van der Waals surface area contributed by atoms with Crippen molar-refractivity contribution >= 4 is 34.4 Å². The van der Waals surface area contributed by atoms with Crippen molar-refractivity contribution in [3.05, 3.63) is 70.9 Å². The van der Waals surface area contributed by atoms with Gasteiger partial charge in [0.1, 0.15) is 5.75 Å². The molecule has 1 aliphatic rings. The molecular weight excluding hydrogens is 404 g/mol. The van der Waals surface area contributed by atoms with Gasteiger partial charge in [0.25, 0.3) is 5.91 Å². The van der Waals surface area contributed by atoms with Crippen molar-refractivity contribution in [3.63, 3.8) is 0 Å². The van der Waals surface area contributed by atoms with Crippen molar-refractivity contribution in [1.82, 2.24) is 10.3 Å². The summed E-state index contributed by atoms with van der Waals surface area (Å²) in [4.78, 5) is 29.9. The molecule has 0 saturated heterocycles. The number of carbonyl (C=O) groups is 2. The molecule has 1 N–H and O–H groups in total. The number of hydrogen-bond acceptors (Lipinski definition) is 5. The third-order valence-corrected chi connectivity index (χ3v) is 5.39. The summed E-state index contributed by atoms with van der Waals surface area (Å²) in [5.74, 6) is -0.0115. The van der Waals surface area contributed by atoms with E-state index in [-0.39, 0.29) is 18.6 Å². The number of rotatable bonds is 6. The van der Waals surface area contributed by atoms with Gasteiger partial charge in [-0.15, -0.1) is 0 Å². The van der Waals surface area contributed by atoms with E-state index in [2.05, 4.69) is 11.4 Å². The molecule has 1 aromatic heterocycles. The number of methoxy groups -OCH3 is 1. The summed E-state index contributed by atoms with van der Waals surface area (Å²) in [6.45, 7) is 3.41. The summed E-state index contributed by atoms with van der Waals surface area (Å²) in [5, 5.41) is 3.48. The number of para-hydroxylation sites is 1. The van der Waals surface area contributed by atoms with E-state index in [1.807, 2.05) is 62.4 Å². The van der Waals surface area contributed by atoms with E-state index in [4.69, 9.17) is 14.5 Å². The number of fused-ring (bicyclic) bond motifs is 2. The Morgan fingerprint density at radius 2 is 1.84 bits per heavy atom. The van der Waals surface area contributed by atoms with Crippen LogP contribution in [-0.2, 0) is 16.0 Å². The number of aromatic nitrogens is 1. The molecule has 2 aromatic carbocycles. The lowest BCUT2D eigenvalue weighted by atomic mass is 10.0. The highest BCUT2D eigenvalue weighted by Crippen LogP contribution is 2.37. The summed E-state index contributed by atoms with van der Waals surface area (Å²) in [5.41, 5.74) is 5.03. The molecule has 0 bridgehead atoms. The molecule has 0 radical (unpaired) electrons. The van der Waals surface area contributed by atoms with Gasteiger partial charge in [-0.3, -0.25) is 4.79 Å². The Balaban J connectivity index is 1.70. The first kappa shape index (κ1) is 21.6. The van der Waals surface area contributed by atoms with Crippen molar-refractivity contribution in [3.8, 4) is 5.75 Å². The summed E-state index contributed by atoms with van der Waals surface area (Å²) >= 11 is 0. The fourth-order valence-corrected chi connectivity index (χ4v) is 3.98. The Kier molecular flexibility index (Phi) is 6.21. The summed E-state index contributed by atoms with van der Waals surface area (Å²) in [6, 6.07) is 15.3. The lowest BCUT2D eigenvalue weighted by Crippen LogP contribution is -2.34. The van der Waals surface area contributed by atoms with Crippen LogP contribution in [0.3, 0.4) is 0 Å². The fourth-order valence-electron chi connectivity index (χ4n) is 3.98. The van der Waals surface area contributed by atoms with Gasteiger partial charge in [-0.2, -0.15) is 0 Å². The Morgan fingerprint density at radius 1 is 1.09 bits per heavy atom. The number of ether oxygens (including phenoxy) is 2. The second-order valence-electron chi connectivity index (χ2n) is 8.07. The minimum absolute atomic E-state index is 0.0159. The Hall–Kier alpha value is -3.67. The number of benzene rings is 2. The number of allylic oxidation sites excluding steroid dienone is 1. The first-order chi connectivity index (χ1) is 15.5. The molecule has 32 heavy (non-hydrogen) atoms. The zero-order valence-corrected chi connectivity index (χ0v) is 18.5. The standard InChI is InChI=1S/C26H26N2O4/c1-16(2)27-23(29)15-32-26(30)24-20-6-4-5-7-22(20)28-25-18(10-13-21(24)25)14-17-8-11-19(31-3)12-9-17/h4-9,11-12,14,16H,10,13,15H2,1-3H3,(H,27,29)/b18-14+. The number of nitrogens with one attached hydrogen (secondary N) is 1. The van der Waals surface area contributed by atoms with Gasteiger partial charge in [-0.05, 0) is 67.7 Å². The highest BCUT2D eigenvalue weighted by Gasteiger charge is 2.28. The number of nitrogens with zero attached hydrogens (tertiary/aromatic N) is 1. The van der Waals surface area contributed by atoms with Crippen LogP contribution in [-0.4, -0.2) is 36.6 Å². The fraction of sp³-hybridized carbons (Fsp3) is 0.269.